The molecule has 30 heavy (non-hydrogen) atoms. The van der Waals surface area contributed by atoms with Crippen LogP contribution in [0.4, 0.5) is 0 Å². The number of methoxy groups -OCH3 is 1. The molecule has 0 radical (unpaired) electrons. The average Bonchev–Trinajstić information content (AvgIpc) is 3.20. The minimum Gasteiger partial charge on any atom is -0.497 e. The average molecular weight is 408 g/mol. The Balaban J connectivity index is 1.82. The van der Waals surface area contributed by atoms with Gasteiger partial charge < -0.3 is 15.0 Å². The number of amides is 1. The van der Waals surface area contributed by atoms with Crippen molar-refractivity contribution in [2.24, 2.45) is 0 Å². The first-order valence-electron chi connectivity index (χ1n) is 10.00. The molecule has 0 saturated heterocycles. The topological polar surface area (TPSA) is 72.3 Å². The Labute approximate surface area is 177 Å². The molecule has 0 saturated carbocycles. The molecule has 3 rings (SSSR count). The minimum atomic E-state index is -0.143. The SMILES string of the molecule is COc1cccc(C(CNC(=O)c2cnn(-c3ccccn3)c2C(C)C)N(C)C)c1. The molecule has 0 spiro atoms. The van der Waals surface area contributed by atoms with Gasteiger partial charge in [-0.25, -0.2) is 9.67 Å². The Morgan fingerprint density at radius 1 is 1.20 bits per heavy atom. The van der Waals surface area contributed by atoms with Gasteiger partial charge in [0.15, 0.2) is 5.82 Å². The second-order valence-electron chi connectivity index (χ2n) is 7.66. The zero-order chi connectivity index (χ0) is 21.7. The zero-order valence-corrected chi connectivity index (χ0v) is 18.2. The summed E-state index contributed by atoms with van der Waals surface area (Å²) in [5, 5.41) is 7.52. The van der Waals surface area contributed by atoms with E-state index in [-0.39, 0.29) is 17.9 Å². The molecule has 3 aromatic rings. The number of carbonyl (C=O) groups is 1. The fourth-order valence-electron chi connectivity index (χ4n) is 3.48. The van der Waals surface area contributed by atoms with Crippen LogP contribution in [0.5, 0.6) is 5.75 Å². The summed E-state index contributed by atoms with van der Waals surface area (Å²) >= 11 is 0. The highest BCUT2D eigenvalue weighted by atomic mass is 16.5. The molecule has 2 heterocycles. The van der Waals surface area contributed by atoms with Gasteiger partial charge in [-0.3, -0.25) is 4.79 Å². The first-order valence-corrected chi connectivity index (χ1v) is 10.00. The molecule has 0 aliphatic rings. The second kappa shape index (κ2) is 9.54. The predicted octanol–water partition coefficient (Wildman–Crippen LogP) is 3.43. The van der Waals surface area contributed by atoms with Gasteiger partial charge in [-0.2, -0.15) is 5.10 Å². The Bertz CT molecular complexity index is 982. The van der Waals surface area contributed by atoms with Crippen molar-refractivity contribution in [3.8, 4) is 11.6 Å². The van der Waals surface area contributed by atoms with E-state index >= 15 is 0 Å². The Kier molecular flexibility index (Phi) is 6.84. The number of ether oxygens (including phenoxy) is 1. The van der Waals surface area contributed by atoms with Gasteiger partial charge in [0.2, 0.25) is 0 Å². The van der Waals surface area contributed by atoms with Gasteiger partial charge in [0.05, 0.1) is 30.6 Å². The standard InChI is InChI=1S/C23H29N5O2/c1-16(2)22-19(14-26-28(22)21-11-6-7-12-24-21)23(29)25-15-20(27(3)4)17-9-8-10-18(13-17)30-5/h6-14,16,20H,15H2,1-5H3,(H,25,29). The molecule has 1 unspecified atom stereocenters. The number of aromatic nitrogens is 3. The van der Waals surface area contributed by atoms with E-state index in [9.17, 15) is 4.79 Å². The van der Waals surface area contributed by atoms with Gasteiger partial charge in [-0.1, -0.05) is 32.0 Å². The first-order chi connectivity index (χ1) is 14.4. The molecule has 0 fully saturated rings. The van der Waals surface area contributed by atoms with Gasteiger partial charge in [-0.15, -0.1) is 0 Å². The van der Waals surface area contributed by atoms with Crippen LogP contribution in [0.3, 0.4) is 0 Å². The van der Waals surface area contributed by atoms with E-state index in [1.807, 2.05) is 70.4 Å². The van der Waals surface area contributed by atoms with Crippen LogP contribution in [0.25, 0.3) is 5.82 Å². The summed E-state index contributed by atoms with van der Waals surface area (Å²) in [6.07, 6.45) is 3.34. The van der Waals surface area contributed by atoms with Crippen molar-refractivity contribution in [3.63, 3.8) is 0 Å². The van der Waals surface area contributed by atoms with Crippen molar-refractivity contribution < 1.29 is 9.53 Å². The summed E-state index contributed by atoms with van der Waals surface area (Å²) in [6, 6.07) is 13.6. The summed E-state index contributed by atoms with van der Waals surface area (Å²) in [5.74, 6) is 1.46. The van der Waals surface area contributed by atoms with Crippen LogP contribution in [0.1, 0.15) is 47.4 Å². The highest BCUT2D eigenvalue weighted by molar-refractivity contribution is 5.95. The fraction of sp³-hybridized carbons (Fsp3) is 0.348. The fourth-order valence-corrected chi connectivity index (χ4v) is 3.48. The lowest BCUT2D eigenvalue weighted by Gasteiger charge is -2.25. The molecule has 7 heteroatoms. The zero-order valence-electron chi connectivity index (χ0n) is 18.2. The van der Waals surface area contributed by atoms with Crippen molar-refractivity contribution in [3.05, 3.63) is 71.7 Å². The number of likely N-dealkylation sites (N-methyl/N-ethyl adjacent to an activating group) is 1. The first kappa shape index (κ1) is 21.5. The van der Waals surface area contributed by atoms with Crippen LogP contribution >= 0.6 is 0 Å². The molecule has 1 aromatic carbocycles. The van der Waals surface area contributed by atoms with Crippen LogP contribution in [0.2, 0.25) is 0 Å². The molecule has 1 amide bonds. The van der Waals surface area contributed by atoms with Crippen molar-refractivity contribution in [1.82, 2.24) is 25.0 Å². The van der Waals surface area contributed by atoms with Crippen LogP contribution < -0.4 is 10.1 Å². The van der Waals surface area contributed by atoms with Crippen molar-refractivity contribution >= 4 is 5.91 Å². The maximum atomic E-state index is 13.1. The maximum absolute atomic E-state index is 13.1. The summed E-state index contributed by atoms with van der Waals surface area (Å²) in [4.78, 5) is 19.5. The van der Waals surface area contributed by atoms with Gasteiger partial charge in [0.1, 0.15) is 5.75 Å². The highest BCUT2D eigenvalue weighted by Gasteiger charge is 2.23. The Morgan fingerprint density at radius 3 is 2.63 bits per heavy atom. The Hall–Kier alpha value is -3.19. The van der Waals surface area contributed by atoms with Crippen LogP contribution in [0.15, 0.2) is 54.9 Å². The van der Waals surface area contributed by atoms with Gasteiger partial charge in [-0.05, 0) is 49.8 Å². The lowest BCUT2D eigenvalue weighted by atomic mass is 10.0. The summed E-state index contributed by atoms with van der Waals surface area (Å²) in [5.41, 5.74) is 2.49. The van der Waals surface area contributed by atoms with E-state index in [0.29, 0.717) is 17.9 Å². The minimum absolute atomic E-state index is 0.0115. The molecule has 1 N–H and O–H groups in total. The van der Waals surface area contributed by atoms with Gasteiger partial charge in [0.25, 0.3) is 5.91 Å². The predicted molar refractivity (Wildman–Crippen MR) is 117 cm³/mol. The van der Waals surface area contributed by atoms with E-state index in [1.165, 1.54) is 0 Å². The molecule has 7 nitrogen and oxygen atoms in total. The molecule has 0 aliphatic heterocycles. The normalized spacial score (nSPS) is 12.2. The molecule has 0 aliphatic carbocycles. The van der Waals surface area contributed by atoms with Crippen LogP contribution in [-0.2, 0) is 0 Å². The number of hydrogen-bond donors (Lipinski definition) is 1. The number of benzene rings is 1. The second-order valence-corrected chi connectivity index (χ2v) is 7.66. The highest BCUT2D eigenvalue weighted by Crippen LogP contribution is 2.24. The van der Waals surface area contributed by atoms with Crippen molar-refractivity contribution in [2.45, 2.75) is 25.8 Å². The monoisotopic (exact) mass is 407 g/mol. The van der Waals surface area contributed by atoms with Gasteiger partial charge in [0, 0.05) is 12.7 Å². The molecular formula is C23H29N5O2. The van der Waals surface area contributed by atoms with Crippen LogP contribution in [-0.4, -0.2) is 53.3 Å². The van der Waals surface area contributed by atoms with Gasteiger partial charge >= 0.3 is 0 Å². The summed E-state index contributed by atoms with van der Waals surface area (Å²) in [7, 11) is 5.64. The Morgan fingerprint density at radius 2 is 2.00 bits per heavy atom. The van der Waals surface area contributed by atoms with E-state index in [1.54, 1.807) is 24.2 Å². The van der Waals surface area contributed by atoms with Crippen molar-refractivity contribution in [1.29, 1.82) is 0 Å². The number of nitrogens with zero attached hydrogens (tertiary/aromatic N) is 4. The lowest BCUT2D eigenvalue weighted by Crippen LogP contribution is -2.35. The number of hydrogen-bond acceptors (Lipinski definition) is 5. The number of rotatable bonds is 8. The largest absolute Gasteiger partial charge is 0.497 e. The van der Waals surface area contributed by atoms with E-state index in [4.69, 9.17) is 4.74 Å². The van der Waals surface area contributed by atoms with Crippen LogP contribution in [0, 0.1) is 0 Å². The third-order valence-corrected chi connectivity index (χ3v) is 5.02. The smallest absolute Gasteiger partial charge is 0.254 e. The molecule has 1 atom stereocenters. The summed E-state index contributed by atoms with van der Waals surface area (Å²) in [6.45, 7) is 4.56. The van der Waals surface area contributed by atoms with E-state index < -0.39 is 0 Å². The molecule has 158 valence electrons. The maximum Gasteiger partial charge on any atom is 0.254 e. The third kappa shape index (κ3) is 4.68. The quantitative estimate of drug-likeness (QED) is 0.619. The van der Waals surface area contributed by atoms with E-state index in [2.05, 4.69) is 20.3 Å². The van der Waals surface area contributed by atoms with E-state index in [0.717, 1.165) is 17.0 Å². The lowest BCUT2D eigenvalue weighted by molar-refractivity contribution is 0.0940. The number of nitrogens with one attached hydrogen (secondary N) is 1. The van der Waals surface area contributed by atoms with Crippen molar-refractivity contribution in [2.75, 3.05) is 27.7 Å². The molecule has 0 bridgehead atoms. The number of carbonyl (C=O) groups excluding carboxylic acids is 1. The molecular weight excluding hydrogens is 378 g/mol. The number of pyridine rings is 1. The summed E-state index contributed by atoms with van der Waals surface area (Å²) < 4.78 is 7.08. The molecule has 2 aromatic heterocycles. The third-order valence-electron chi connectivity index (χ3n) is 5.02.